The Bertz CT molecular complexity index is 1210. The number of hydrogen-bond donors (Lipinski definition) is 2. The molecular formula is C24H23Cl2N3O4S2. The van der Waals surface area contributed by atoms with Crippen molar-refractivity contribution < 1.29 is 19.3 Å². The molecule has 11 heteroatoms. The number of aromatic carboxylic acids is 1. The minimum Gasteiger partial charge on any atom is -0.633 e. The summed E-state index contributed by atoms with van der Waals surface area (Å²) in [6.07, 6.45) is 1.24. The Morgan fingerprint density at radius 3 is 2.51 bits per heavy atom. The normalized spacial score (nSPS) is 19.9. The van der Waals surface area contributed by atoms with E-state index < -0.39 is 5.97 Å². The number of hydroxylamine groups is 3. The molecule has 7 nitrogen and oxygen atoms in total. The van der Waals surface area contributed by atoms with Crippen molar-refractivity contribution in [3.63, 3.8) is 0 Å². The zero-order chi connectivity index (χ0) is 25.0. The molecule has 0 unspecified atom stereocenters. The van der Waals surface area contributed by atoms with Crippen LogP contribution in [0.25, 0.3) is 11.3 Å². The van der Waals surface area contributed by atoms with Gasteiger partial charge in [-0.3, -0.25) is 4.79 Å². The first-order chi connectivity index (χ1) is 16.7. The molecule has 0 saturated carbocycles. The third kappa shape index (κ3) is 6.97. The molecule has 0 atom stereocenters. The van der Waals surface area contributed by atoms with E-state index in [-0.39, 0.29) is 27.9 Å². The molecule has 2 N–H and O–H groups in total. The number of carbonyl (C=O) groups is 2. The number of piperidine rings is 1. The molecule has 1 aliphatic heterocycles. The van der Waals surface area contributed by atoms with Crippen LogP contribution in [0.1, 0.15) is 28.8 Å². The first kappa shape index (κ1) is 25.9. The third-order valence-corrected chi connectivity index (χ3v) is 8.59. The number of carboxylic acids is 1. The van der Waals surface area contributed by atoms with Crippen molar-refractivity contribution in [2.75, 3.05) is 18.8 Å². The molecule has 2 aromatic carbocycles. The van der Waals surface area contributed by atoms with Gasteiger partial charge in [-0.2, -0.15) is 0 Å². The maximum atomic E-state index is 13.1. The second kappa shape index (κ2) is 11.3. The van der Waals surface area contributed by atoms with E-state index >= 15 is 0 Å². The summed E-state index contributed by atoms with van der Waals surface area (Å²) in [5.41, 5.74) is 2.65. The van der Waals surface area contributed by atoms with Crippen molar-refractivity contribution >= 4 is 58.2 Å². The summed E-state index contributed by atoms with van der Waals surface area (Å²) >= 11 is 14.8. The second-order valence-corrected chi connectivity index (χ2v) is 11.3. The van der Waals surface area contributed by atoms with Crippen LogP contribution in [0.5, 0.6) is 0 Å². The average molecular weight is 553 g/mol. The van der Waals surface area contributed by atoms with E-state index in [1.165, 1.54) is 23.1 Å². The highest BCUT2D eigenvalue weighted by molar-refractivity contribution is 8.01. The van der Waals surface area contributed by atoms with Gasteiger partial charge in [0.05, 0.1) is 40.1 Å². The number of amides is 1. The third-order valence-electron chi connectivity index (χ3n) is 5.83. The van der Waals surface area contributed by atoms with E-state index in [0.29, 0.717) is 42.5 Å². The monoisotopic (exact) mass is 551 g/mol. The Hall–Kier alpha value is -2.14. The van der Waals surface area contributed by atoms with Gasteiger partial charge in [0, 0.05) is 35.4 Å². The number of benzene rings is 2. The van der Waals surface area contributed by atoms with Gasteiger partial charge in [0.15, 0.2) is 4.34 Å². The number of carbonyl (C=O) groups excluding carboxylic acids is 1. The number of likely N-dealkylation sites (tertiary alicyclic amines) is 1. The molecular weight excluding hydrogens is 529 g/mol. The number of thiazole rings is 1. The quantitative estimate of drug-likeness (QED) is 0.211. The van der Waals surface area contributed by atoms with Gasteiger partial charge < -0.3 is 20.3 Å². The molecule has 1 amide bonds. The van der Waals surface area contributed by atoms with E-state index in [1.54, 1.807) is 36.4 Å². The number of nitrogens with one attached hydrogen (secondary N) is 1. The summed E-state index contributed by atoms with van der Waals surface area (Å²) in [5.74, 6) is -0.818. The Kier molecular flexibility index (Phi) is 8.36. The van der Waals surface area contributed by atoms with Crippen molar-refractivity contribution in [2.45, 2.75) is 29.8 Å². The van der Waals surface area contributed by atoms with Crippen LogP contribution in [-0.4, -0.2) is 51.5 Å². The topological polar surface area (TPSA) is 102 Å². The van der Waals surface area contributed by atoms with Gasteiger partial charge in [-0.15, -0.1) is 11.3 Å². The molecule has 184 valence electrons. The van der Waals surface area contributed by atoms with Gasteiger partial charge >= 0.3 is 5.97 Å². The second-order valence-electron chi connectivity index (χ2n) is 8.42. The van der Waals surface area contributed by atoms with Gasteiger partial charge in [-0.05, 0) is 24.3 Å². The van der Waals surface area contributed by atoms with Crippen LogP contribution >= 0.6 is 46.3 Å². The summed E-state index contributed by atoms with van der Waals surface area (Å²) in [6, 6.07) is 11.8. The Morgan fingerprint density at radius 2 is 1.86 bits per heavy atom. The lowest BCUT2D eigenvalue weighted by Crippen LogP contribution is -2.52. The van der Waals surface area contributed by atoms with Crippen LogP contribution in [0, 0.1) is 5.21 Å². The molecule has 0 bridgehead atoms. The first-order valence-electron chi connectivity index (χ1n) is 10.9. The lowest BCUT2D eigenvalue weighted by molar-refractivity contribution is -0.898. The lowest BCUT2D eigenvalue weighted by atomic mass is 10.0. The Morgan fingerprint density at radius 1 is 1.14 bits per heavy atom. The predicted molar refractivity (Wildman–Crippen MR) is 140 cm³/mol. The Labute approximate surface area is 221 Å². The molecule has 0 aliphatic carbocycles. The maximum absolute atomic E-state index is 13.1. The SMILES string of the molecule is O=C(CSc1nc(-c2ccc(C(=O)O)cc2)cs1)NC1CC[N+]([O-])(Cc2ccc(Cl)c(Cl)c2)CC1. The van der Waals surface area contributed by atoms with Crippen LogP contribution in [0.3, 0.4) is 0 Å². The fraction of sp³-hybridized carbons (Fsp3) is 0.292. The number of hydrogen-bond acceptors (Lipinski definition) is 6. The van der Waals surface area contributed by atoms with E-state index in [0.717, 1.165) is 21.2 Å². The fourth-order valence-corrected chi connectivity index (χ4v) is 5.91. The summed E-state index contributed by atoms with van der Waals surface area (Å²) < 4.78 is 0.423. The number of nitrogens with zero attached hydrogens (tertiary/aromatic N) is 2. The van der Waals surface area contributed by atoms with Crippen molar-refractivity contribution in [2.24, 2.45) is 0 Å². The smallest absolute Gasteiger partial charge is 0.335 e. The summed E-state index contributed by atoms with van der Waals surface area (Å²) in [4.78, 5) is 28.0. The molecule has 3 aromatic rings. The molecule has 1 fully saturated rings. The molecule has 35 heavy (non-hydrogen) atoms. The van der Waals surface area contributed by atoms with Crippen LogP contribution in [0.4, 0.5) is 0 Å². The van der Waals surface area contributed by atoms with E-state index in [2.05, 4.69) is 10.3 Å². The summed E-state index contributed by atoms with van der Waals surface area (Å²) in [7, 11) is 0. The van der Waals surface area contributed by atoms with Gasteiger partial charge in [-0.1, -0.05) is 53.2 Å². The van der Waals surface area contributed by atoms with Gasteiger partial charge in [0.25, 0.3) is 0 Å². The molecule has 1 aromatic heterocycles. The van der Waals surface area contributed by atoms with Crippen LogP contribution in [-0.2, 0) is 11.3 Å². The zero-order valence-electron chi connectivity index (χ0n) is 18.6. The van der Waals surface area contributed by atoms with Gasteiger partial charge in [-0.25, -0.2) is 9.78 Å². The molecule has 4 rings (SSSR count). The molecule has 1 saturated heterocycles. The number of carboxylic acid groups (broad SMARTS) is 1. The number of quaternary nitrogens is 1. The van der Waals surface area contributed by atoms with Gasteiger partial charge in [0.1, 0.15) is 6.54 Å². The highest BCUT2D eigenvalue weighted by Gasteiger charge is 2.28. The predicted octanol–water partition coefficient (Wildman–Crippen LogP) is 5.70. The number of rotatable bonds is 8. The van der Waals surface area contributed by atoms with Gasteiger partial charge in [0.2, 0.25) is 5.91 Å². The van der Waals surface area contributed by atoms with Crippen molar-refractivity contribution in [1.29, 1.82) is 0 Å². The van der Waals surface area contributed by atoms with E-state index in [4.69, 9.17) is 28.3 Å². The molecule has 2 heterocycles. The minimum absolute atomic E-state index is 0.0169. The van der Waals surface area contributed by atoms with Crippen molar-refractivity contribution in [3.05, 3.63) is 74.2 Å². The number of halogens is 2. The maximum Gasteiger partial charge on any atom is 0.335 e. The van der Waals surface area contributed by atoms with Crippen molar-refractivity contribution in [1.82, 2.24) is 10.3 Å². The van der Waals surface area contributed by atoms with E-state index in [1.807, 2.05) is 11.4 Å². The number of thioether (sulfide) groups is 1. The summed E-state index contributed by atoms with van der Waals surface area (Å²) in [5, 5.41) is 28.0. The van der Waals surface area contributed by atoms with Crippen LogP contribution < -0.4 is 5.32 Å². The molecule has 1 aliphatic rings. The zero-order valence-corrected chi connectivity index (χ0v) is 21.7. The van der Waals surface area contributed by atoms with Crippen LogP contribution in [0.15, 0.2) is 52.2 Å². The van der Waals surface area contributed by atoms with E-state index in [9.17, 15) is 14.8 Å². The summed E-state index contributed by atoms with van der Waals surface area (Å²) in [6.45, 7) is 1.18. The highest BCUT2D eigenvalue weighted by Crippen LogP contribution is 2.29. The highest BCUT2D eigenvalue weighted by atomic mass is 35.5. The fourth-order valence-electron chi connectivity index (χ4n) is 3.95. The molecule has 0 radical (unpaired) electrons. The van der Waals surface area contributed by atoms with Crippen molar-refractivity contribution in [3.8, 4) is 11.3 Å². The Balaban J connectivity index is 1.22. The van der Waals surface area contributed by atoms with Crippen LogP contribution in [0.2, 0.25) is 10.0 Å². The lowest BCUT2D eigenvalue weighted by Gasteiger charge is -2.47. The molecule has 0 spiro atoms. The average Bonchev–Trinajstić information content (AvgIpc) is 3.31. The standard InChI is InChI=1S/C24H23Cl2N3O4S2/c25-19-6-1-15(11-20(19)26)12-29(33)9-7-18(8-10-29)27-22(30)14-35-24-28-21(13-34-24)16-2-4-17(5-3-16)23(31)32/h1-6,11,13,18H,7-10,12,14H2,(H,27,30)(H,31,32). The first-order valence-corrected chi connectivity index (χ1v) is 13.6. The minimum atomic E-state index is -0.971. The largest absolute Gasteiger partial charge is 0.633 e. The number of aromatic nitrogens is 1.